The topological polar surface area (TPSA) is 67.9 Å². The number of hydrogen-bond donors (Lipinski definition) is 1. The van der Waals surface area contributed by atoms with Crippen LogP contribution in [0.25, 0.3) is 0 Å². The monoisotopic (exact) mass is 380 g/mol. The Kier molecular flexibility index (Phi) is 7.18. The maximum Gasteiger partial charge on any atom is 0.410 e. The first kappa shape index (κ1) is 21.2. The number of nitrogens with zero attached hydrogens (tertiary/aromatic N) is 1. The summed E-state index contributed by atoms with van der Waals surface area (Å²) in [5, 5.41) is 2.83. The third-order valence-corrected chi connectivity index (χ3v) is 4.27. The van der Waals surface area contributed by atoms with Crippen LogP contribution >= 0.6 is 0 Å². The van der Waals surface area contributed by atoms with E-state index in [1.165, 1.54) is 4.90 Å². The number of nitrogens with one attached hydrogen (secondary N) is 1. The van der Waals surface area contributed by atoms with E-state index in [2.05, 4.69) is 5.32 Å². The summed E-state index contributed by atoms with van der Waals surface area (Å²) in [4.78, 5) is 25.3. The normalized spacial score (nSPS) is 16.7. The number of ether oxygens (including phenoxy) is 2. The minimum Gasteiger partial charge on any atom is -0.460 e. The molecule has 1 aliphatic heterocycles. The van der Waals surface area contributed by atoms with Gasteiger partial charge in [-0.1, -0.05) is 30.3 Å². The van der Waals surface area contributed by atoms with Crippen LogP contribution < -0.4 is 5.32 Å². The van der Waals surface area contributed by atoms with Gasteiger partial charge in [0.05, 0.1) is 6.54 Å². The van der Waals surface area contributed by atoms with Crippen molar-refractivity contribution >= 4 is 12.1 Å². The molecule has 1 aromatic carbocycles. The van der Waals surface area contributed by atoms with Crippen molar-refractivity contribution in [2.75, 3.05) is 26.2 Å². The predicted octanol–water partition coefficient (Wildman–Crippen LogP) is 3.06. The summed E-state index contributed by atoms with van der Waals surface area (Å²) >= 11 is 0. The number of carbonyl (C=O) groups excluding carboxylic acids is 2. The predicted molar refractivity (Wildman–Crippen MR) is 100.0 cm³/mol. The van der Waals surface area contributed by atoms with Crippen molar-refractivity contribution in [3.8, 4) is 0 Å². The van der Waals surface area contributed by atoms with Gasteiger partial charge in [-0.05, 0) is 26.3 Å². The molecule has 0 spiro atoms. The fourth-order valence-corrected chi connectivity index (χ4v) is 2.77. The summed E-state index contributed by atoms with van der Waals surface area (Å²) in [6, 6.07) is 9.38. The van der Waals surface area contributed by atoms with Gasteiger partial charge in [0.15, 0.2) is 0 Å². The second kappa shape index (κ2) is 9.17. The van der Waals surface area contributed by atoms with E-state index >= 15 is 0 Å². The molecule has 6 nitrogen and oxygen atoms in total. The lowest BCUT2D eigenvalue weighted by Gasteiger charge is -2.37. The number of halogens is 1. The molecule has 150 valence electrons. The minimum atomic E-state index is -1.45. The standard InChI is InChI=1S/C20H29FN2O4/c1-19(2,3)27-18(25)23-11-9-20(21,10-12-23)15-22-13-17(24)26-14-16-7-5-4-6-8-16/h4-8,22H,9-15H2,1-3H3. The van der Waals surface area contributed by atoms with Crippen molar-refractivity contribution in [2.24, 2.45) is 0 Å². The number of likely N-dealkylation sites (tertiary alicyclic amines) is 1. The molecule has 0 aromatic heterocycles. The molecule has 0 saturated carbocycles. The van der Waals surface area contributed by atoms with E-state index in [9.17, 15) is 14.0 Å². The molecular weight excluding hydrogens is 351 g/mol. The molecule has 0 bridgehead atoms. The van der Waals surface area contributed by atoms with Crippen LogP contribution in [0, 0.1) is 0 Å². The van der Waals surface area contributed by atoms with Crippen LogP contribution in [-0.2, 0) is 20.9 Å². The molecule has 0 radical (unpaired) electrons. The fourth-order valence-electron chi connectivity index (χ4n) is 2.77. The number of benzene rings is 1. The first-order valence-electron chi connectivity index (χ1n) is 9.24. The number of piperidine rings is 1. The van der Waals surface area contributed by atoms with E-state index in [0.29, 0.717) is 13.1 Å². The van der Waals surface area contributed by atoms with Gasteiger partial charge in [0, 0.05) is 32.5 Å². The van der Waals surface area contributed by atoms with Gasteiger partial charge >= 0.3 is 12.1 Å². The van der Waals surface area contributed by atoms with Crippen molar-refractivity contribution in [1.82, 2.24) is 10.2 Å². The van der Waals surface area contributed by atoms with Gasteiger partial charge < -0.3 is 19.7 Å². The smallest absolute Gasteiger partial charge is 0.410 e. The van der Waals surface area contributed by atoms with Crippen LogP contribution in [0.3, 0.4) is 0 Å². The Bertz CT molecular complexity index is 623. The average molecular weight is 380 g/mol. The molecule has 1 fully saturated rings. The number of alkyl halides is 1. The lowest BCUT2D eigenvalue weighted by atomic mass is 9.93. The number of carbonyl (C=O) groups is 2. The first-order valence-corrected chi connectivity index (χ1v) is 9.24. The van der Waals surface area contributed by atoms with Crippen LogP contribution in [0.4, 0.5) is 9.18 Å². The van der Waals surface area contributed by atoms with Crippen molar-refractivity contribution in [3.63, 3.8) is 0 Å². The van der Waals surface area contributed by atoms with Crippen LogP contribution in [0.15, 0.2) is 30.3 Å². The largest absolute Gasteiger partial charge is 0.460 e. The van der Waals surface area contributed by atoms with E-state index < -0.39 is 23.3 Å². The highest BCUT2D eigenvalue weighted by molar-refractivity contribution is 5.71. The molecule has 2 rings (SSSR count). The van der Waals surface area contributed by atoms with Crippen molar-refractivity contribution in [1.29, 1.82) is 0 Å². The summed E-state index contributed by atoms with van der Waals surface area (Å²) in [5.41, 5.74) is -1.11. The molecule has 1 amide bonds. The Balaban J connectivity index is 1.66. The lowest BCUT2D eigenvalue weighted by Crippen LogP contribution is -2.50. The quantitative estimate of drug-likeness (QED) is 0.769. The van der Waals surface area contributed by atoms with E-state index in [1.54, 1.807) is 20.8 Å². The molecule has 7 heteroatoms. The van der Waals surface area contributed by atoms with Gasteiger partial charge in [-0.3, -0.25) is 4.79 Å². The van der Waals surface area contributed by atoms with Crippen LogP contribution in [0.1, 0.15) is 39.2 Å². The average Bonchev–Trinajstić information content (AvgIpc) is 2.60. The zero-order valence-electron chi connectivity index (χ0n) is 16.3. The molecule has 1 heterocycles. The molecule has 1 N–H and O–H groups in total. The Morgan fingerprint density at radius 2 is 1.81 bits per heavy atom. The molecule has 1 aliphatic rings. The number of rotatable bonds is 6. The zero-order valence-corrected chi connectivity index (χ0v) is 16.3. The molecule has 0 aliphatic carbocycles. The summed E-state index contributed by atoms with van der Waals surface area (Å²) in [6.07, 6.45) is -0.00151. The van der Waals surface area contributed by atoms with Gasteiger partial charge in [0.1, 0.15) is 17.9 Å². The highest BCUT2D eigenvalue weighted by atomic mass is 19.1. The zero-order chi connectivity index (χ0) is 19.9. The van der Waals surface area contributed by atoms with Gasteiger partial charge in [0.25, 0.3) is 0 Å². The molecule has 1 aromatic rings. The highest BCUT2D eigenvalue weighted by Crippen LogP contribution is 2.26. The second-order valence-corrected chi connectivity index (χ2v) is 7.87. The Morgan fingerprint density at radius 1 is 1.19 bits per heavy atom. The SMILES string of the molecule is CC(C)(C)OC(=O)N1CCC(F)(CNCC(=O)OCc2ccccc2)CC1. The summed E-state index contributed by atoms with van der Waals surface area (Å²) in [6.45, 7) is 6.20. The van der Waals surface area contributed by atoms with Crippen molar-refractivity contribution < 1.29 is 23.5 Å². The Labute approximate surface area is 160 Å². The van der Waals surface area contributed by atoms with E-state index in [1.807, 2.05) is 30.3 Å². The maximum absolute atomic E-state index is 14.9. The third-order valence-electron chi connectivity index (χ3n) is 4.27. The van der Waals surface area contributed by atoms with Crippen LogP contribution in [-0.4, -0.2) is 54.4 Å². The number of hydrogen-bond acceptors (Lipinski definition) is 5. The van der Waals surface area contributed by atoms with Gasteiger partial charge in [0.2, 0.25) is 0 Å². The van der Waals surface area contributed by atoms with E-state index in [0.717, 1.165) is 5.56 Å². The van der Waals surface area contributed by atoms with Crippen molar-refractivity contribution in [3.05, 3.63) is 35.9 Å². The summed E-state index contributed by atoms with van der Waals surface area (Å²) in [7, 11) is 0. The van der Waals surface area contributed by atoms with Gasteiger partial charge in [-0.15, -0.1) is 0 Å². The highest BCUT2D eigenvalue weighted by Gasteiger charge is 2.37. The molecule has 27 heavy (non-hydrogen) atoms. The summed E-state index contributed by atoms with van der Waals surface area (Å²) in [5.74, 6) is -0.423. The second-order valence-electron chi connectivity index (χ2n) is 7.87. The lowest BCUT2D eigenvalue weighted by molar-refractivity contribution is -0.143. The van der Waals surface area contributed by atoms with Gasteiger partial charge in [-0.2, -0.15) is 0 Å². The Morgan fingerprint density at radius 3 is 2.41 bits per heavy atom. The first-order chi connectivity index (χ1) is 12.7. The van der Waals surface area contributed by atoms with Crippen molar-refractivity contribution in [2.45, 2.75) is 51.5 Å². The minimum absolute atomic E-state index is 0.0473. The van der Waals surface area contributed by atoms with E-state index in [-0.39, 0.29) is 32.5 Å². The number of esters is 1. The molecule has 1 saturated heterocycles. The maximum atomic E-state index is 14.9. The van der Waals surface area contributed by atoms with Crippen LogP contribution in [0.2, 0.25) is 0 Å². The fraction of sp³-hybridized carbons (Fsp3) is 0.600. The van der Waals surface area contributed by atoms with Gasteiger partial charge in [-0.25, -0.2) is 9.18 Å². The molecular formula is C20H29FN2O4. The number of amides is 1. The van der Waals surface area contributed by atoms with E-state index in [4.69, 9.17) is 9.47 Å². The molecule has 0 atom stereocenters. The Hall–Kier alpha value is -2.15. The third kappa shape index (κ3) is 7.54. The van der Waals surface area contributed by atoms with Crippen LogP contribution in [0.5, 0.6) is 0 Å². The molecule has 0 unspecified atom stereocenters. The summed E-state index contributed by atoms with van der Waals surface area (Å²) < 4.78 is 25.3.